The molecule has 3 aromatic rings. The number of nitrogens with one attached hydrogen (secondary N) is 1. The van der Waals surface area contributed by atoms with Gasteiger partial charge in [0.15, 0.2) is 4.80 Å². The Kier molecular flexibility index (Phi) is 5.70. The summed E-state index contributed by atoms with van der Waals surface area (Å²) in [6, 6.07) is 17.5. The molecule has 0 saturated heterocycles. The summed E-state index contributed by atoms with van der Waals surface area (Å²) in [4.78, 5) is 16.3. The second kappa shape index (κ2) is 8.35. The maximum absolute atomic E-state index is 10.6. The minimum absolute atomic E-state index is 0.393. The molecule has 134 valence electrons. The lowest BCUT2D eigenvalue weighted by atomic mass is 10.1. The quantitative estimate of drug-likeness (QED) is 0.458. The van der Waals surface area contributed by atoms with E-state index < -0.39 is 6.09 Å². The van der Waals surface area contributed by atoms with E-state index in [1.807, 2.05) is 54.6 Å². The first-order valence-corrected chi connectivity index (χ1v) is 9.12. The SMILES string of the molecule is Nc1ccc(-c2csc(=Nc3ccccc3)n2CCCNC(=O)O)cc1. The minimum atomic E-state index is -1.01. The number of nitrogen functional groups attached to an aromatic ring is 1. The van der Waals surface area contributed by atoms with E-state index in [0.29, 0.717) is 19.5 Å². The van der Waals surface area contributed by atoms with Crippen molar-refractivity contribution in [3.05, 3.63) is 64.8 Å². The van der Waals surface area contributed by atoms with Gasteiger partial charge in [-0.05, 0) is 36.2 Å². The molecule has 2 aromatic carbocycles. The highest BCUT2D eigenvalue weighted by Crippen LogP contribution is 2.22. The number of hydrogen-bond donors (Lipinski definition) is 3. The van der Waals surface area contributed by atoms with Crippen LogP contribution >= 0.6 is 11.3 Å². The van der Waals surface area contributed by atoms with E-state index in [1.54, 1.807) is 11.3 Å². The fourth-order valence-electron chi connectivity index (χ4n) is 2.56. The van der Waals surface area contributed by atoms with Gasteiger partial charge in [0.25, 0.3) is 0 Å². The zero-order valence-electron chi connectivity index (χ0n) is 14.1. The van der Waals surface area contributed by atoms with Crippen molar-refractivity contribution in [2.24, 2.45) is 4.99 Å². The Balaban J connectivity index is 1.95. The molecule has 0 radical (unpaired) electrons. The van der Waals surface area contributed by atoms with Gasteiger partial charge in [-0.2, -0.15) is 0 Å². The highest BCUT2D eigenvalue weighted by Gasteiger charge is 2.08. The first-order valence-electron chi connectivity index (χ1n) is 8.24. The van der Waals surface area contributed by atoms with Gasteiger partial charge >= 0.3 is 6.09 Å². The molecule has 26 heavy (non-hydrogen) atoms. The number of benzene rings is 2. The number of carboxylic acid groups (broad SMARTS) is 1. The number of nitrogens with zero attached hydrogens (tertiary/aromatic N) is 2. The maximum Gasteiger partial charge on any atom is 0.404 e. The van der Waals surface area contributed by atoms with Gasteiger partial charge in [-0.15, -0.1) is 11.3 Å². The van der Waals surface area contributed by atoms with Crippen molar-refractivity contribution >= 4 is 28.8 Å². The van der Waals surface area contributed by atoms with Crippen LogP contribution in [0.2, 0.25) is 0 Å². The summed E-state index contributed by atoms with van der Waals surface area (Å²) in [6.07, 6.45) is -0.333. The Hall–Kier alpha value is -3.06. The van der Waals surface area contributed by atoms with Crippen LogP contribution in [0.3, 0.4) is 0 Å². The molecule has 0 bridgehead atoms. The fourth-order valence-corrected chi connectivity index (χ4v) is 3.52. The number of aromatic nitrogens is 1. The summed E-state index contributed by atoms with van der Waals surface area (Å²) in [6.45, 7) is 1.05. The Morgan fingerprint density at radius 2 is 1.88 bits per heavy atom. The molecule has 0 aliphatic rings. The van der Waals surface area contributed by atoms with E-state index in [0.717, 1.165) is 27.4 Å². The van der Waals surface area contributed by atoms with Crippen LogP contribution in [0.5, 0.6) is 0 Å². The van der Waals surface area contributed by atoms with Gasteiger partial charge in [-0.1, -0.05) is 30.3 Å². The molecular weight excluding hydrogens is 348 g/mol. The number of thiazole rings is 1. The number of nitrogens with two attached hydrogens (primary N) is 1. The van der Waals surface area contributed by atoms with Crippen LogP contribution in [-0.2, 0) is 6.54 Å². The summed E-state index contributed by atoms with van der Waals surface area (Å²) >= 11 is 1.56. The Labute approximate surface area is 155 Å². The van der Waals surface area contributed by atoms with Crippen LogP contribution in [0, 0.1) is 0 Å². The van der Waals surface area contributed by atoms with E-state index in [1.165, 1.54) is 0 Å². The van der Waals surface area contributed by atoms with Gasteiger partial charge < -0.3 is 20.7 Å². The van der Waals surface area contributed by atoms with Gasteiger partial charge in [0.05, 0.1) is 11.4 Å². The van der Waals surface area contributed by atoms with E-state index in [2.05, 4.69) is 15.3 Å². The van der Waals surface area contributed by atoms with E-state index in [4.69, 9.17) is 15.8 Å². The Bertz CT molecular complexity index is 930. The summed E-state index contributed by atoms with van der Waals surface area (Å²) in [5.74, 6) is 0. The molecule has 1 heterocycles. The monoisotopic (exact) mass is 368 g/mol. The zero-order chi connectivity index (χ0) is 18.4. The number of hydrogen-bond acceptors (Lipinski definition) is 4. The average Bonchev–Trinajstić information content (AvgIpc) is 3.02. The first-order chi connectivity index (χ1) is 12.6. The fraction of sp³-hybridized carbons (Fsp3) is 0.158. The van der Waals surface area contributed by atoms with Crippen LogP contribution in [-0.4, -0.2) is 22.3 Å². The number of para-hydroxylation sites is 1. The molecule has 1 aromatic heterocycles. The molecule has 0 unspecified atom stereocenters. The van der Waals surface area contributed by atoms with Gasteiger partial charge in [0.2, 0.25) is 0 Å². The van der Waals surface area contributed by atoms with Crippen molar-refractivity contribution in [1.29, 1.82) is 0 Å². The molecule has 0 spiro atoms. The molecule has 0 aliphatic carbocycles. The molecular formula is C19H20N4O2S. The summed E-state index contributed by atoms with van der Waals surface area (Å²) in [7, 11) is 0. The molecule has 0 aliphatic heterocycles. The van der Waals surface area contributed by atoms with Crippen molar-refractivity contribution in [1.82, 2.24) is 9.88 Å². The van der Waals surface area contributed by atoms with Gasteiger partial charge in [-0.25, -0.2) is 9.79 Å². The van der Waals surface area contributed by atoms with Crippen molar-refractivity contribution in [3.63, 3.8) is 0 Å². The van der Waals surface area contributed by atoms with Gasteiger partial charge in [-0.3, -0.25) is 0 Å². The third kappa shape index (κ3) is 4.52. The third-order valence-electron chi connectivity index (χ3n) is 3.82. The normalized spacial score (nSPS) is 11.5. The van der Waals surface area contributed by atoms with E-state index in [-0.39, 0.29) is 0 Å². The lowest BCUT2D eigenvalue weighted by Gasteiger charge is -2.09. The second-order valence-electron chi connectivity index (χ2n) is 5.71. The Morgan fingerprint density at radius 3 is 2.58 bits per heavy atom. The number of anilines is 1. The molecule has 1 amide bonds. The topological polar surface area (TPSA) is 92.6 Å². The summed E-state index contributed by atoms with van der Waals surface area (Å²) < 4.78 is 2.12. The number of carbonyl (C=O) groups is 1. The van der Waals surface area contributed by atoms with Crippen LogP contribution in [0.25, 0.3) is 11.3 Å². The summed E-state index contributed by atoms with van der Waals surface area (Å²) in [5, 5.41) is 13.2. The van der Waals surface area contributed by atoms with E-state index in [9.17, 15) is 4.79 Å². The molecule has 3 rings (SSSR count). The maximum atomic E-state index is 10.6. The van der Waals surface area contributed by atoms with Crippen molar-refractivity contribution < 1.29 is 9.90 Å². The summed E-state index contributed by atoms with van der Waals surface area (Å²) in [5.41, 5.74) is 9.49. The van der Waals surface area contributed by atoms with Crippen molar-refractivity contribution in [2.45, 2.75) is 13.0 Å². The Morgan fingerprint density at radius 1 is 1.15 bits per heavy atom. The number of rotatable bonds is 6. The molecule has 0 saturated carbocycles. The van der Waals surface area contributed by atoms with Crippen LogP contribution < -0.4 is 15.9 Å². The molecule has 0 fully saturated rings. The van der Waals surface area contributed by atoms with Crippen molar-refractivity contribution in [3.8, 4) is 11.3 Å². The minimum Gasteiger partial charge on any atom is -0.465 e. The first kappa shape index (κ1) is 17.8. The second-order valence-corrected chi connectivity index (χ2v) is 6.55. The van der Waals surface area contributed by atoms with Gasteiger partial charge in [0.1, 0.15) is 0 Å². The van der Waals surface area contributed by atoms with Crippen LogP contribution in [0.15, 0.2) is 65.0 Å². The molecule has 4 N–H and O–H groups in total. The van der Waals surface area contributed by atoms with Crippen LogP contribution in [0.4, 0.5) is 16.2 Å². The van der Waals surface area contributed by atoms with Crippen molar-refractivity contribution in [2.75, 3.05) is 12.3 Å². The van der Waals surface area contributed by atoms with E-state index >= 15 is 0 Å². The standard InChI is InChI=1S/C19H20N4O2S/c20-15-9-7-14(8-10-15)17-13-26-18(22-16-5-2-1-3-6-16)23(17)12-4-11-21-19(24)25/h1-3,5-10,13,21H,4,11-12,20H2,(H,24,25). The highest BCUT2D eigenvalue weighted by atomic mass is 32.1. The lowest BCUT2D eigenvalue weighted by molar-refractivity contribution is 0.194. The predicted molar refractivity (Wildman–Crippen MR) is 104 cm³/mol. The third-order valence-corrected chi connectivity index (χ3v) is 4.68. The smallest absolute Gasteiger partial charge is 0.404 e. The molecule has 7 heteroatoms. The molecule has 6 nitrogen and oxygen atoms in total. The van der Waals surface area contributed by atoms with Gasteiger partial charge in [0, 0.05) is 24.2 Å². The number of amides is 1. The lowest BCUT2D eigenvalue weighted by Crippen LogP contribution is -2.24. The average molecular weight is 368 g/mol. The largest absolute Gasteiger partial charge is 0.465 e. The molecule has 0 atom stereocenters. The predicted octanol–water partition coefficient (Wildman–Crippen LogP) is 3.69. The highest BCUT2D eigenvalue weighted by molar-refractivity contribution is 7.07. The zero-order valence-corrected chi connectivity index (χ0v) is 14.9. The van der Waals surface area contributed by atoms with Crippen LogP contribution in [0.1, 0.15) is 6.42 Å².